The third-order valence-corrected chi connectivity index (χ3v) is 1.56. The highest BCUT2D eigenvalue weighted by Crippen LogP contribution is 2.34. The van der Waals surface area contributed by atoms with Crippen molar-refractivity contribution in [2.24, 2.45) is 0 Å². The van der Waals surface area contributed by atoms with E-state index in [1.807, 2.05) is 0 Å². The molecule has 0 heterocycles. The van der Waals surface area contributed by atoms with Crippen molar-refractivity contribution in [3.8, 4) is 11.5 Å². The third kappa shape index (κ3) is 1.16. The average molecular weight is 169 g/mol. The Morgan fingerprint density at radius 3 is 2.25 bits per heavy atom. The lowest BCUT2D eigenvalue weighted by atomic mass is 10.1. The van der Waals surface area contributed by atoms with Crippen LogP contribution in [0.2, 0.25) is 0 Å². The molecule has 0 saturated heterocycles. The molecule has 0 aliphatic rings. The highest BCUT2D eigenvalue weighted by molar-refractivity contribution is 5.56. The molecule has 0 spiro atoms. The normalized spacial score (nSPS) is 9.75. The molecule has 1 aromatic carbocycles. The summed E-state index contributed by atoms with van der Waals surface area (Å²) >= 11 is 0. The van der Waals surface area contributed by atoms with Gasteiger partial charge in [0.25, 0.3) is 0 Å². The van der Waals surface area contributed by atoms with Gasteiger partial charge < -0.3 is 10.2 Å². The fraction of sp³-hybridized carbons (Fsp3) is 0.143. The molecule has 0 bridgehead atoms. The molecule has 12 heavy (non-hydrogen) atoms. The van der Waals surface area contributed by atoms with E-state index in [1.54, 1.807) is 0 Å². The maximum atomic E-state index is 10.3. The number of benzene rings is 1. The monoisotopic (exact) mass is 169 g/mol. The number of phenolic OH excluding ortho intramolecular Hbond substituents is 2. The van der Waals surface area contributed by atoms with Crippen molar-refractivity contribution in [3.05, 3.63) is 27.8 Å². The first kappa shape index (κ1) is 8.32. The first-order valence-corrected chi connectivity index (χ1v) is 3.20. The summed E-state index contributed by atoms with van der Waals surface area (Å²) in [4.78, 5) is 9.60. The van der Waals surface area contributed by atoms with E-state index in [0.717, 1.165) is 6.07 Å². The van der Waals surface area contributed by atoms with Crippen LogP contribution in [0.25, 0.3) is 0 Å². The fourth-order valence-electron chi connectivity index (χ4n) is 0.906. The van der Waals surface area contributed by atoms with Crippen LogP contribution in [0.1, 0.15) is 5.56 Å². The zero-order chi connectivity index (χ0) is 9.30. The molecule has 0 amide bonds. The van der Waals surface area contributed by atoms with Gasteiger partial charge in [-0.1, -0.05) is 0 Å². The van der Waals surface area contributed by atoms with Gasteiger partial charge in [-0.05, 0) is 19.1 Å². The van der Waals surface area contributed by atoms with Crippen molar-refractivity contribution >= 4 is 5.69 Å². The number of nitrogens with zero attached hydrogens (tertiary/aromatic N) is 1. The number of aromatic hydroxyl groups is 2. The molecule has 0 aliphatic carbocycles. The smallest absolute Gasteiger partial charge is 0.317 e. The van der Waals surface area contributed by atoms with Crippen molar-refractivity contribution < 1.29 is 15.1 Å². The second kappa shape index (κ2) is 2.69. The molecular formula is C7H7NO4. The Morgan fingerprint density at radius 2 is 1.83 bits per heavy atom. The van der Waals surface area contributed by atoms with Crippen LogP contribution in [-0.4, -0.2) is 15.1 Å². The largest absolute Gasteiger partial charge is 0.507 e. The summed E-state index contributed by atoms with van der Waals surface area (Å²) in [6, 6.07) is 2.29. The van der Waals surface area contributed by atoms with Crippen LogP contribution < -0.4 is 0 Å². The van der Waals surface area contributed by atoms with Crippen molar-refractivity contribution in [2.75, 3.05) is 0 Å². The van der Waals surface area contributed by atoms with Crippen LogP contribution in [0.4, 0.5) is 5.69 Å². The lowest BCUT2D eigenvalue weighted by molar-refractivity contribution is -0.386. The zero-order valence-corrected chi connectivity index (χ0v) is 6.31. The second-order valence-corrected chi connectivity index (χ2v) is 2.33. The number of nitro benzene ring substituents is 1. The molecular weight excluding hydrogens is 162 g/mol. The third-order valence-electron chi connectivity index (χ3n) is 1.56. The summed E-state index contributed by atoms with van der Waals surface area (Å²) in [5.74, 6) is -0.630. The van der Waals surface area contributed by atoms with E-state index in [-0.39, 0.29) is 11.3 Å². The first-order chi connectivity index (χ1) is 5.54. The predicted molar refractivity (Wildman–Crippen MR) is 41.2 cm³/mol. The van der Waals surface area contributed by atoms with Crippen molar-refractivity contribution in [1.29, 1.82) is 0 Å². The predicted octanol–water partition coefficient (Wildman–Crippen LogP) is 1.31. The van der Waals surface area contributed by atoms with Crippen LogP contribution in [0.15, 0.2) is 12.1 Å². The molecule has 1 rings (SSSR count). The van der Waals surface area contributed by atoms with Crippen LogP contribution in [0.5, 0.6) is 11.5 Å². The van der Waals surface area contributed by atoms with Crippen LogP contribution >= 0.6 is 0 Å². The van der Waals surface area contributed by atoms with Crippen LogP contribution in [0.3, 0.4) is 0 Å². The summed E-state index contributed by atoms with van der Waals surface area (Å²) < 4.78 is 0. The highest BCUT2D eigenvalue weighted by atomic mass is 16.6. The molecule has 0 unspecified atom stereocenters. The number of hydrogen-bond donors (Lipinski definition) is 2. The van der Waals surface area contributed by atoms with Gasteiger partial charge in [-0.25, -0.2) is 0 Å². The van der Waals surface area contributed by atoms with Gasteiger partial charge in [-0.15, -0.1) is 0 Å². The molecule has 0 fully saturated rings. The molecule has 2 N–H and O–H groups in total. The van der Waals surface area contributed by atoms with Gasteiger partial charge in [-0.3, -0.25) is 10.1 Å². The van der Waals surface area contributed by atoms with E-state index < -0.39 is 16.4 Å². The molecule has 1 aromatic rings. The molecule has 0 aliphatic heterocycles. The molecule has 5 nitrogen and oxygen atoms in total. The Kier molecular flexibility index (Phi) is 1.86. The highest BCUT2D eigenvalue weighted by Gasteiger charge is 2.19. The van der Waals surface area contributed by atoms with Crippen molar-refractivity contribution in [1.82, 2.24) is 0 Å². The standard InChI is InChI=1S/C7H7NO4/c1-4-5(9)2-3-6(10)7(4)8(11)12/h2-3,9-10H,1H3. The van der Waals surface area contributed by atoms with Crippen molar-refractivity contribution in [2.45, 2.75) is 6.92 Å². The van der Waals surface area contributed by atoms with Gasteiger partial charge in [0.05, 0.1) is 10.5 Å². The summed E-state index contributed by atoms with van der Waals surface area (Å²) in [5.41, 5.74) is -0.380. The van der Waals surface area contributed by atoms with Gasteiger partial charge in [0, 0.05) is 0 Å². The van der Waals surface area contributed by atoms with Gasteiger partial charge in [-0.2, -0.15) is 0 Å². The van der Waals surface area contributed by atoms with Crippen LogP contribution in [-0.2, 0) is 0 Å². The molecule has 0 aromatic heterocycles. The van der Waals surface area contributed by atoms with E-state index in [1.165, 1.54) is 13.0 Å². The van der Waals surface area contributed by atoms with Gasteiger partial charge in [0.2, 0.25) is 0 Å². The maximum Gasteiger partial charge on any atom is 0.317 e. The minimum atomic E-state index is -0.732. The lowest BCUT2D eigenvalue weighted by Crippen LogP contribution is -1.92. The number of nitro groups is 1. The van der Waals surface area contributed by atoms with E-state index in [2.05, 4.69) is 0 Å². The number of phenols is 2. The van der Waals surface area contributed by atoms with E-state index in [4.69, 9.17) is 10.2 Å². The minimum absolute atomic E-state index is 0.0694. The summed E-state index contributed by atoms with van der Waals surface area (Å²) in [5, 5.41) is 28.4. The number of rotatable bonds is 1. The van der Waals surface area contributed by atoms with Crippen molar-refractivity contribution in [3.63, 3.8) is 0 Å². The van der Waals surface area contributed by atoms with E-state index in [9.17, 15) is 10.1 Å². The minimum Gasteiger partial charge on any atom is -0.507 e. The summed E-state index contributed by atoms with van der Waals surface area (Å²) in [6.07, 6.45) is 0. The molecule has 0 radical (unpaired) electrons. The van der Waals surface area contributed by atoms with E-state index in [0.29, 0.717) is 0 Å². The summed E-state index contributed by atoms with van der Waals surface area (Å²) in [6.45, 7) is 1.37. The Morgan fingerprint density at radius 1 is 1.33 bits per heavy atom. The van der Waals surface area contributed by atoms with Gasteiger partial charge >= 0.3 is 5.69 Å². The van der Waals surface area contributed by atoms with Gasteiger partial charge in [0.15, 0.2) is 5.75 Å². The Bertz CT molecular complexity index is 334. The second-order valence-electron chi connectivity index (χ2n) is 2.33. The SMILES string of the molecule is Cc1c(O)ccc(O)c1[N+](=O)[O-]. The Balaban J connectivity index is 3.43. The lowest BCUT2D eigenvalue weighted by Gasteiger charge is -2.00. The molecule has 0 saturated carbocycles. The van der Waals surface area contributed by atoms with E-state index >= 15 is 0 Å². The summed E-state index contributed by atoms with van der Waals surface area (Å²) in [7, 11) is 0. The molecule has 0 atom stereocenters. The Hall–Kier alpha value is -1.78. The molecule has 64 valence electrons. The topological polar surface area (TPSA) is 83.6 Å². The Labute approximate surface area is 68.0 Å². The molecule has 5 heteroatoms. The number of hydrogen-bond acceptors (Lipinski definition) is 4. The zero-order valence-electron chi connectivity index (χ0n) is 6.31. The average Bonchev–Trinajstić information content (AvgIpc) is 1.97. The quantitative estimate of drug-likeness (QED) is 0.377. The van der Waals surface area contributed by atoms with Crippen LogP contribution in [0, 0.1) is 17.0 Å². The maximum absolute atomic E-state index is 10.3. The first-order valence-electron chi connectivity index (χ1n) is 3.20. The van der Waals surface area contributed by atoms with Gasteiger partial charge in [0.1, 0.15) is 5.75 Å². The fourth-order valence-corrected chi connectivity index (χ4v) is 0.906.